The highest BCUT2D eigenvalue weighted by atomic mass is 16.2. The number of carbonyl (C=O) groups is 1. The Morgan fingerprint density at radius 1 is 1.19 bits per heavy atom. The van der Waals surface area contributed by atoms with Crippen LogP contribution in [0.5, 0.6) is 0 Å². The van der Waals surface area contributed by atoms with Crippen molar-refractivity contribution in [2.75, 3.05) is 0 Å². The smallest absolute Gasteiger partial charge is 0.261 e. The molecule has 0 atom stereocenters. The monoisotopic (exact) mass is 347 g/mol. The maximum absolute atomic E-state index is 12.5. The second-order valence-electron chi connectivity index (χ2n) is 6.13. The van der Waals surface area contributed by atoms with Crippen LogP contribution in [-0.4, -0.2) is 25.4 Å². The van der Waals surface area contributed by atoms with E-state index in [4.69, 9.17) is 0 Å². The molecule has 4 rings (SSSR count). The van der Waals surface area contributed by atoms with Gasteiger partial charge >= 0.3 is 0 Å². The molecule has 2 aromatic carbocycles. The van der Waals surface area contributed by atoms with Crippen LogP contribution in [-0.2, 0) is 17.9 Å². The Kier molecular flexibility index (Phi) is 3.96. The molecule has 0 bridgehead atoms. The van der Waals surface area contributed by atoms with Crippen molar-refractivity contribution < 1.29 is 4.79 Å². The predicted octanol–water partition coefficient (Wildman–Crippen LogP) is 1.90. The molecule has 2 N–H and O–H groups in total. The number of para-hydroxylation sites is 3. The van der Waals surface area contributed by atoms with Crippen molar-refractivity contribution in [2.45, 2.75) is 20.0 Å². The fourth-order valence-corrected chi connectivity index (χ4v) is 2.93. The highest BCUT2D eigenvalue weighted by molar-refractivity contribution is 5.81. The first-order valence-corrected chi connectivity index (χ1v) is 8.27. The maximum Gasteiger partial charge on any atom is 0.261 e. The molecule has 4 aromatic rings. The summed E-state index contributed by atoms with van der Waals surface area (Å²) in [7, 11) is 0. The van der Waals surface area contributed by atoms with Gasteiger partial charge in [-0.15, -0.1) is 0 Å². The second-order valence-corrected chi connectivity index (χ2v) is 6.13. The van der Waals surface area contributed by atoms with Gasteiger partial charge in [-0.1, -0.05) is 24.3 Å². The Bertz CT molecular complexity index is 1140. The van der Waals surface area contributed by atoms with Gasteiger partial charge in [0.2, 0.25) is 5.91 Å². The van der Waals surface area contributed by atoms with Crippen molar-refractivity contribution in [1.29, 1.82) is 0 Å². The zero-order chi connectivity index (χ0) is 18.1. The van der Waals surface area contributed by atoms with Gasteiger partial charge in [-0.3, -0.25) is 14.2 Å². The summed E-state index contributed by atoms with van der Waals surface area (Å²) < 4.78 is 1.32. The summed E-state index contributed by atoms with van der Waals surface area (Å²) in [6.45, 7) is 2.08. The molecule has 7 heteroatoms. The number of H-pyrrole nitrogens is 1. The minimum Gasteiger partial charge on any atom is -0.347 e. The third kappa shape index (κ3) is 2.95. The first-order chi connectivity index (χ1) is 12.6. The summed E-state index contributed by atoms with van der Waals surface area (Å²) >= 11 is 0. The van der Waals surface area contributed by atoms with Gasteiger partial charge in [-0.2, -0.15) is 0 Å². The van der Waals surface area contributed by atoms with Gasteiger partial charge < -0.3 is 10.3 Å². The van der Waals surface area contributed by atoms with Gasteiger partial charge in [0.1, 0.15) is 12.4 Å². The van der Waals surface area contributed by atoms with Crippen molar-refractivity contribution in [1.82, 2.24) is 24.8 Å². The highest BCUT2D eigenvalue weighted by Crippen LogP contribution is 2.11. The molecule has 0 fully saturated rings. The van der Waals surface area contributed by atoms with Crippen LogP contribution in [0, 0.1) is 6.92 Å². The standard InChI is InChI=1S/C19H17N5O2/c1-12-5-4-6-13-18(12)21-11-24(19(13)26)10-17(25)20-9-16-22-14-7-2-3-8-15(14)23-16/h2-8,11H,9-10H2,1H3,(H,20,25)(H,22,23). The average molecular weight is 347 g/mol. The number of aromatic nitrogens is 4. The molecule has 2 aromatic heterocycles. The number of hydrogen-bond donors (Lipinski definition) is 2. The van der Waals surface area contributed by atoms with Crippen LogP contribution in [0.4, 0.5) is 0 Å². The van der Waals surface area contributed by atoms with Crippen molar-refractivity contribution in [2.24, 2.45) is 0 Å². The quantitative estimate of drug-likeness (QED) is 0.590. The number of rotatable bonds is 4. The summed E-state index contributed by atoms with van der Waals surface area (Å²) in [6.07, 6.45) is 1.42. The fraction of sp³-hybridized carbons (Fsp3) is 0.158. The molecule has 1 amide bonds. The summed E-state index contributed by atoms with van der Waals surface area (Å²) in [5.41, 5.74) is 3.14. The summed E-state index contributed by atoms with van der Waals surface area (Å²) in [4.78, 5) is 36.6. The van der Waals surface area contributed by atoms with Crippen LogP contribution in [0.1, 0.15) is 11.4 Å². The van der Waals surface area contributed by atoms with Crippen molar-refractivity contribution >= 4 is 27.8 Å². The first-order valence-electron chi connectivity index (χ1n) is 8.27. The van der Waals surface area contributed by atoms with Gasteiger partial charge in [-0.25, -0.2) is 9.97 Å². The minimum atomic E-state index is -0.277. The van der Waals surface area contributed by atoms with E-state index >= 15 is 0 Å². The SMILES string of the molecule is Cc1cccc2c(=O)n(CC(=O)NCc3nc4ccccc4[nH]3)cnc12. The van der Waals surface area contributed by atoms with Crippen LogP contribution in [0.15, 0.2) is 53.6 Å². The molecule has 0 aliphatic carbocycles. The van der Waals surface area contributed by atoms with Crippen LogP contribution in [0.25, 0.3) is 21.9 Å². The summed E-state index contributed by atoms with van der Waals surface area (Å²) in [6, 6.07) is 13.1. The van der Waals surface area contributed by atoms with E-state index in [0.29, 0.717) is 16.7 Å². The Balaban J connectivity index is 1.48. The normalized spacial score (nSPS) is 11.1. The van der Waals surface area contributed by atoms with Crippen molar-refractivity contribution in [3.8, 4) is 0 Å². The van der Waals surface area contributed by atoms with Crippen LogP contribution < -0.4 is 10.9 Å². The molecule has 0 aliphatic heterocycles. The van der Waals surface area contributed by atoms with Crippen LogP contribution >= 0.6 is 0 Å². The first kappa shape index (κ1) is 16.0. The van der Waals surface area contributed by atoms with E-state index < -0.39 is 0 Å². The molecule has 0 radical (unpaired) electrons. The lowest BCUT2D eigenvalue weighted by Crippen LogP contribution is -2.32. The molecule has 26 heavy (non-hydrogen) atoms. The van der Waals surface area contributed by atoms with E-state index in [1.807, 2.05) is 43.3 Å². The number of benzene rings is 2. The van der Waals surface area contributed by atoms with Gasteiger partial charge in [0.25, 0.3) is 5.56 Å². The van der Waals surface area contributed by atoms with E-state index in [9.17, 15) is 9.59 Å². The number of hydrogen-bond acceptors (Lipinski definition) is 4. The van der Waals surface area contributed by atoms with E-state index in [0.717, 1.165) is 16.6 Å². The predicted molar refractivity (Wildman–Crippen MR) is 98.7 cm³/mol. The van der Waals surface area contributed by atoms with Gasteiger partial charge in [-0.05, 0) is 30.7 Å². The molecule has 0 spiro atoms. The largest absolute Gasteiger partial charge is 0.347 e. The zero-order valence-electron chi connectivity index (χ0n) is 14.2. The minimum absolute atomic E-state index is 0.0874. The molecule has 0 saturated heterocycles. The lowest BCUT2D eigenvalue weighted by Gasteiger charge is -2.08. The molecule has 7 nitrogen and oxygen atoms in total. The third-order valence-corrected chi connectivity index (χ3v) is 4.26. The zero-order valence-corrected chi connectivity index (χ0v) is 14.2. The fourth-order valence-electron chi connectivity index (χ4n) is 2.93. The highest BCUT2D eigenvalue weighted by Gasteiger charge is 2.10. The summed E-state index contributed by atoms with van der Waals surface area (Å²) in [5.74, 6) is 0.389. The Morgan fingerprint density at radius 2 is 2.04 bits per heavy atom. The maximum atomic E-state index is 12.5. The third-order valence-electron chi connectivity index (χ3n) is 4.26. The Hall–Kier alpha value is -3.48. The van der Waals surface area contributed by atoms with E-state index in [1.54, 1.807) is 6.07 Å². The van der Waals surface area contributed by atoms with E-state index in [-0.39, 0.29) is 24.6 Å². The number of nitrogens with one attached hydrogen (secondary N) is 2. The van der Waals surface area contributed by atoms with Crippen molar-refractivity contribution in [3.63, 3.8) is 0 Å². The molecule has 0 aliphatic rings. The van der Waals surface area contributed by atoms with E-state index in [1.165, 1.54) is 10.9 Å². The number of aryl methyl sites for hydroxylation is 1. The lowest BCUT2D eigenvalue weighted by atomic mass is 10.1. The summed E-state index contributed by atoms with van der Waals surface area (Å²) in [5, 5.41) is 3.29. The Morgan fingerprint density at radius 3 is 2.88 bits per heavy atom. The molecular formula is C19H17N5O2. The number of aromatic amines is 1. The number of carbonyl (C=O) groups excluding carboxylic acids is 1. The number of nitrogens with zero attached hydrogens (tertiary/aromatic N) is 3. The van der Waals surface area contributed by atoms with Gasteiger partial charge in [0.15, 0.2) is 0 Å². The molecular weight excluding hydrogens is 330 g/mol. The number of fused-ring (bicyclic) bond motifs is 2. The lowest BCUT2D eigenvalue weighted by molar-refractivity contribution is -0.121. The Labute approximate surface area is 148 Å². The van der Waals surface area contributed by atoms with E-state index in [2.05, 4.69) is 20.3 Å². The van der Waals surface area contributed by atoms with Crippen LogP contribution in [0.2, 0.25) is 0 Å². The second kappa shape index (κ2) is 6.44. The molecule has 2 heterocycles. The molecule has 130 valence electrons. The molecule has 0 saturated carbocycles. The number of imidazole rings is 1. The van der Waals surface area contributed by atoms with Crippen molar-refractivity contribution in [3.05, 3.63) is 70.5 Å². The van der Waals surface area contributed by atoms with Gasteiger partial charge in [0.05, 0.1) is 34.8 Å². The average Bonchev–Trinajstić information content (AvgIpc) is 3.06. The van der Waals surface area contributed by atoms with Gasteiger partial charge in [0, 0.05) is 0 Å². The molecule has 0 unspecified atom stereocenters. The topological polar surface area (TPSA) is 92.7 Å². The van der Waals surface area contributed by atoms with Crippen LogP contribution in [0.3, 0.4) is 0 Å². The number of amides is 1.